The molecule has 2 aromatic rings. The van der Waals surface area contributed by atoms with E-state index in [-0.39, 0.29) is 30.1 Å². The Balaban J connectivity index is 0.00000312. The Kier molecular flexibility index (Phi) is 9.92. The van der Waals surface area contributed by atoms with Crippen LogP contribution in [-0.2, 0) is 6.54 Å². The van der Waals surface area contributed by atoms with Gasteiger partial charge in [0.2, 0.25) is 0 Å². The number of hydrogen-bond acceptors (Lipinski definition) is 3. The van der Waals surface area contributed by atoms with E-state index in [9.17, 15) is 0 Å². The average Bonchev–Trinajstić information content (AvgIpc) is 2.58. The van der Waals surface area contributed by atoms with Gasteiger partial charge in [-0.1, -0.05) is 29.3 Å². The lowest BCUT2D eigenvalue weighted by Gasteiger charge is -2.17. The quantitative estimate of drug-likeness (QED) is 0.274. The van der Waals surface area contributed by atoms with Crippen LogP contribution in [0.2, 0.25) is 10.2 Å². The highest BCUT2D eigenvalue weighted by Crippen LogP contribution is 2.16. The minimum absolute atomic E-state index is 0. The minimum atomic E-state index is -0.0260. The monoisotopic (exact) mass is 494 g/mol. The second-order valence-electron chi connectivity index (χ2n) is 5.18. The van der Waals surface area contributed by atoms with Crippen LogP contribution in [0.25, 0.3) is 0 Å². The molecule has 0 radical (unpaired) electrons. The summed E-state index contributed by atoms with van der Waals surface area (Å²) in [5.41, 5.74) is 1.02. The van der Waals surface area contributed by atoms with Gasteiger partial charge >= 0.3 is 0 Å². The van der Waals surface area contributed by atoms with E-state index in [2.05, 4.69) is 20.6 Å². The molecule has 25 heavy (non-hydrogen) atoms. The lowest BCUT2D eigenvalue weighted by molar-refractivity contribution is 0.224. The molecule has 2 N–H and O–H groups in total. The van der Waals surface area contributed by atoms with Crippen molar-refractivity contribution in [1.82, 2.24) is 15.6 Å². The van der Waals surface area contributed by atoms with Crippen LogP contribution < -0.4 is 15.4 Å². The Morgan fingerprint density at radius 3 is 2.48 bits per heavy atom. The second-order valence-corrected chi connectivity index (χ2v) is 6.00. The fraction of sp³-hybridized carbons (Fsp3) is 0.294. The number of aliphatic imine (C=N–C) groups is 1. The number of guanidine groups is 1. The maximum Gasteiger partial charge on any atom is 0.191 e. The van der Waals surface area contributed by atoms with Crippen LogP contribution in [0.4, 0.5) is 0 Å². The van der Waals surface area contributed by atoms with E-state index in [0.717, 1.165) is 11.3 Å². The highest BCUT2D eigenvalue weighted by molar-refractivity contribution is 14.0. The molecule has 8 heteroatoms. The zero-order valence-corrected chi connectivity index (χ0v) is 17.8. The first kappa shape index (κ1) is 21.8. The van der Waals surface area contributed by atoms with Crippen LogP contribution in [0.15, 0.2) is 47.6 Å². The standard InChI is InChI=1S/C17H20Cl2N4O.HI/c1-12(24-15-6-4-14(18)5-7-15)9-22-17(20-2)23-11-13-3-8-16(19)21-10-13;/h3-8,10,12H,9,11H2,1-2H3,(H2,20,22,23);1H. The van der Waals surface area contributed by atoms with Crippen LogP contribution in [-0.4, -0.2) is 30.6 Å². The first-order valence-electron chi connectivity index (χ1n) is 7.54. The number of benzene rings is 1. The van der Waals surface area contributed by atoms with Crippen LogP contribution in [0.3, 0.4) is 0 Å². The zero-order valence-electron chi connectivity index (χ0n) is 14.0. The van der Waals surface area contributed by atoms with Crippen molar-refractivity contribution in [3.63, 3.8) is 0 Å². The molecule has 1 atom stereocenters. The molecule has 0 spiro atoms. The average molecular weight is 495 g/mol. The third-order valence-electron chi connectivity index (χ3n) is 3.18. The molecule has 0 bridgehead atoms. The summed E-state index contributed by atoms with van der Waals surface area (Å²) in [6, 6.07) is 11.0. The van der Waals surface area contributed by atoms with Crippen molar-refractivity contribution in [3.8, 4) is 5.75 Å². The summed E-state index contributed by atoms with van der Waals surface area (Å²) in [4.78, 5) is 8.23. The molecule has 0 aliphatic carbocycles. The van der Waals surface area contributed by atoms with E-state index in [1.54, 1.807) is 31.4 Å². The first-order valence-corrected chi connectivity index (χ1v) is 8.29. The minimum Gasteiger partial charge on any atom is -0.489 e. The van der Waals surface area contributed by atoms with Gasteiger partial charge in [0.1, 0.15) is 17.0 Å². The summed E-state index contributed by atoms with van der Waals surface area (Å²) in [5, 5.41) is 7.61. The lowest BCUT2D eigenvalue weighted by Crippen LogP contribution is -2.41. The number of pyridine rings is 1. The van der Waals surface area contributed by atoms with Crippen molar-refractivity contribution in [2.45, 2.75) is 19.6 Å². The highest BCUT2D eigenvalue weighted by atomic mass is 127. The number of nitrogens with zero attached hydrogens (tertiary/aromatic N) is 2. The van der Waals surface area contributed by atoms with Crippen molar-refractivity contribution >= 4 is 53.1 Å². The molecule has 0 aliphatic rings. The van der Waals surface area contributed by atoms with Gasteiger partial charge in [-0.25, -0.2) is 4.98 Å². The molecule has 1 heterocycles. The van der Waals surface area contributed by atoms with Crippen LogP contribution in [0.5, 0.6) is 5.75 Å². The molecule has 1 aromatic heterocycles. The van der Waals surface area contributed by atoms with Gasteiger partial charge in [-0.3, -0.25) is 4.99 Å². The van der Waals surface area contributed by atoms with Crippen molar-refractivity contribution in [2.24, 2.45) is 4.99 Å². The number of aromatic nitrogens is 1. The number of rotatable bonds is 6. The molecule has 2 rings (SSSR count). The van der Waals surface area contributed by atoms with Gasteiger partial charge in [-0.2, -0.15) is 0 Å². The predicted octanol–water partition coefficient (Wildman–Crippen LogP) is 4.14. The van der Waals surface area contributed by atoms with Gasteiger partial charge in [0.25, 0.3) is 0 Å². The topological polar surface area (TPSA) is 58.5 Å². The molecule has 0 saturated carbocycles. The molecule has 136 valence electrons. The second kappa shape index (κ2) is 11.4. The third kappa shape index (κ3) is 8.11. The normalized spacial score (nSPS) is 12.1. The van der Waals surface area contributed by atoms with E-state index in [4.69, 9.17) is 27.9 Å². The van der Waals surface area contributed by atoms with Crippen molar-refractivity contribution in [3.05, 3.63) is 58.3 Å². The molecule has 1 aromatic carbocycles. The van der Waals surface area contributed by atoms with Crippen LogP contribution in [0, 0.1) is 0 Å². The Labute approximate surface area is 175 Å². The van der Waals surface area contributed by atoms with Gasteiger partial charge < -0.3 is 15.4 Å². The molecule has 0 amide bonds. The van der Waals surface area contributed by atoms with Gasteiger partial charge in [0, 0.05) is 24.8 Å². The summed E-state index contributed by atoms with van der Waals surface area (Å²) >= 11 is 11.6. The van der Waals surface area contributed by atoms with E-state index < -0.39 is 0 Å². The summed E-state index contributed by atoms with van der Waals surface area (Å²) < 4.78 is 5.81. The SMILES string of the molecule is CN=C(NCc1ccc(Cl)nc1)NCC(C)Oc1ccc(Cl)cc1.I. The largest absolute Gasteiger partial charge is 0.489 e. The smallest absolute Gasteiger partial charge is 0.191 e. The molecule has 1 unspecified atom stereocenters. The number of halogens is 3. The number of hydrogen-bond donors (Lipinski definition) is 2. The van der Waals surface area contributed by atoms with Crippen LogP contribution in [0.1, 0.15) is 12.5 Å². The van der Waals surface area contributed by atoms with Gasteiger partial charge in [-0.05, 0) is 42.8 Å². The number of nitrogens with one attached hydrogen (secondary N) is 2. The summed E-state index contributed by atoms with van der Waals surface area (Å²) in [6.45, 7) is 3.20. The van der Waals surface area contributed by atoms with Crippen LogP contribution >= 0.6 is 47.2 Å². The molecule has 0 fully saturated rings. The summed E-state index contributed by atoms with van der Waals surface area (Å²) in [5.74, 6) is 1.47. The third-order valence-corrected chi connectivity index (χ3v) is 3.66. The van der Waals surface area contributed by atoms with Gasteiger partial charge in [0.15, 0.2) is 5.96 Å². The fourth-order valence-electron chi connectivity index (χ4n) is 1.94. The van der Waals surface area contributed by atoms with E-state index in [0.29, 0.717) is 29.2 Å². The Bertz CT molecular complexity index is 665. The molecular weight excluding hydrogens is 474 g/mol. The summed E-state index contributed by atoms with van der Waals surface area (Å²) in [6.07, 6.45) is 1.71. The predicted molar refractivity (Wildman–Crippen MR) is 114 cm³/mol. The van der Waals surface area contributed by atoms with Gasteiger partial charge in [0.05, 0.1) is 6.54 Å². The van der Waals surface area contributed by atoms with Crippen molar-refractivity contribution in [2.75, 3.05) is 13.6 Å². The van der Waals surface area contributed by atoms with Crippen molar-refractivity contribution in [1.29, 1.82) is 0 Å². The maximum absolute atomic E-state index is 5.86. The molecule has 0 aliphatic heterocycles. The number of ether oxygens (including phenoxy) is 1. The van der Waals surface area contributed by atoms with Crippen molar-refractivity contribution < 1.29 is 4.74 Å². The molecular formula is C17H21Cl2IN4O. The van der Waals surface area contributed by atoms with E-state index >= 15 is 0 Å². The Morgan fingerprint density at radius 2 is 1.88 bits per heavy atom. The fourth-order valence-corrected chi connectivity index (χ4v) is 2.18. The Hall–Kier alpha value is -1.25. The molecule has 5 nitrogen and oxygen atoms in total. The Morgan fingerprint density at radius 1 is 1.16 bits per heavy atom. The van der Waals surface area contributed by atoms with E-state index in [1.807, 2.05) is 25.1 Å². The molecule has 0 saturated heterocycles. The summed E-state index contributed by atoms with van der Waals surface area (Å²) in [7, 11) is 1.72. The van der Waals surface area contributed by atoms with Gasteiger partial charge in [-0.15, -0.1) is 24.0 Å². The first-order chi connectivity index (χ1) is 11.6. The van der Waals surface area contributed by atoms with E-state index in [1.165, 1.54) is 0 Å². The highest BCUT2D eigenvalue weighted by Gasteiger charge is 2.06. The maximum atomic E-state index is 5.86. The lowest BCUT2D eigenvalue weighted by atomic mass is 10.3. The zero-order chi connectivity index (χ0) is 17.4.